The molecule has 1 aromatic carbocycles. The largest absolute Gasteiger partial charge is 0.395 e. The molecule has 2 heterocycles. The molecule has 2 N–H and O–H groups in total. The zero-order valence-corrected chi connectivity index (χ0v) is 13.2. The van der Waals surface area contributed by atoms with E-state index in [4.69, 9.17) is 5.73 Å². The van der Waals surface area contributed by atoms with E-state index in [1.54, 1.807) is 11.9 Å². The first kappa shape index (κ1) is 13.4. The fourth-order valence-electron chi connectivity index (χ4n) is 2.75. The minimum Gasteiger partial charge on any atom is -0.395 e. The summed E-state index contributed by atoms with van der Waals surface area (Å²) in [5.74, 6) is 1.55. The van der Waals surface area contributed by atoms with Gasteiger partial charge >= 0.3 is 0 Å². The van der Waals surface area contributed by atoms with E-state index >= 15 is 0 Å². The highest BCUT2D eigenvalue weighted by Gasteiger charge is 2.29. The van der Waals surface area contributed by atoms with E-state index in [9.17, 15) is 0 Å². The maximum atomic E-state index is 6.43. The second kappa shape index (κ2) is 4.77. The van der Waals surface area contributed by atoms with Gasteiger partial charge in [-0.2, -0.15) is 0 Å². The number of nitrogen functional groups attached to an aromatic ring is 1. The molecular weight excluding hydrogens is 266 g/mol. The van der Waals surface area contributed by atoms with Gasteiger partial charge in [0.05, 0.1) is 16.3 Å². The Hall–Kier alpha value is -1.55. The van der Waals surface area contributed by atoms with Gasteiger partial charge in [0.15, 0.2) is 0 Å². The van der Waals surface area contributed by atoms with Gasteiger partial charge in [0.25, 0.3) is 0 Å². The van der Waals surface area contributed by atoms with Crippen LogP contribution < -0.4 is 10.6 Å². The van der Waals surface area contributed by atoms with Gasteiger partial charge in [-0.15, -0.1) is 0 Å². The molecule has 0 bridgehead atoms. The Balaban J connectivity index is 2.22. The third kappa shape index (κ3) is 1.90. The predicted octanol–water partition coefficient (Wildman–Crippen LogP) is 4.61. The Morgan fingerprint density at radius 1 is 1.10 bits per heavy atom. The summed E-state index contributed by atoms with van der Waals surface area (Å²) in [5, 5.41) is 0. The zero-order valence-electron chi connectivity index (χ0n) is 12.4. The second-order valence-corrected chi connectivity index (χ2v) is 6.84. The fraction of sp³-hybridized carbons (Fsp3) is 0.375. The monoisotopic (exact) mass is 287 g/mol. The Morgan fingerprint density at radius 2 is 1.80 bits per heavy atom. The minimum atomic E-state index is 0.369. The number of fused-ring (bicyclic) bond motifs is 2. The summed E-state index contributed by atoms with van der Waals surface area (Å²) in [6.07, 6.45) is 2.19. The van der Waals surface area contributed by atoms with Gasteiger partial charge in [-0.1, -0.05) is 26.0 Å². The van der Waals surface area contributed by atoms with Crippen molar-refractivity contribution in [1.82, 2.24) is 3.97 Å². The van der Waals surface area contributed by atoms with E-state index in [2.05, 4.69) is 67.0 Å². The molecule has 0 atom stereocenters. The molecule has 0 unspecified atom stereocenters. The first-order valence-electron chi connectivity index (χ1n) is 7.08. The van der Waals surface area contributed by atoms with E-state index in [1.165, 1.54) is 16.1 Å². The molecule has 1 aliphatic rings. The van der Waals surface area contributed by atoms with E-state index in [-0.39, 0.29) is 0 Å². The van der Waals surface area contributed by atoms with Crippen LogP contribution in [0.5, 0.6) is 0 Å². The molecule has 3 nitrogen and oxygen atoms in total. The van der Waals surface area contributed by atoms with Crippen LogP contribution in [0.15, 0.2) is 35.4 Å². The van der Waals surface area contributed by atoms with Crippen LogP contribution in [0.1, 0.15) is 39.2 Å². The van der Waals surface area contributed by atoms with Crippen LogP contribution in [0.25, 0.3) is 0 Å². The topological polar surface area (TPSA) is 34.2 Å². The summed E-state index contributed by atoms with van der Waals surface area (Å²) >= 11 is 1.75. The lowest BCUT2D eigenvalue weighted by Crippen LogP contribution is -2.30. The van der Waals surface area contributed by atoms with Crippen LogP contribution in [0.3, 0.4) is 0 Å². The van der Waals surface area contributed by atoms with Crippen LogP contribution in [-0.2, 0) is 0 Å². The number of hydrogen-bond acceptors (Lipinski definition) is 3. The van der Waals surface area contributed by atoms with Crippen molar-refractivity contribution in [2.75, 3.05) is 10.6 Å². The van der Waals surface area contributed by atoms with Crippen molar-refractivity contribution in [2.45, 2.75) is 44.6 Å². The normalized spacial score (nSPS) is 13.8. The summed E-state index contributed by atoms with van der Waals surface area (Å²) in [5.41, 5.74) is 9.83. The van der Waals surface area contributed by atoms with Crippen LogP contribution in [0, 0.1) is 0 Å². The number of nitrogens with two attached hydrogens (primary N) is 1. The highest BCUT2D eigenvalue weighted by molar-refractivity contribution is 7.98. The van der Waals surface area contributed by atoms with E-state index in [0.29, 0.717) is 12.0 Å². The fourth-order valence-corrected chi connectivity index (χ4v) is 3.80. The summed E-state index contributed by atoms with van der Waals surface area (Å²) < 4.78 is 2.22. The summed E-state index contributed by atoms with van der Waals surface area (Å²) in [4.78, 5) is 3.62. The molecule has 1 aliphatic heterocycles. The molecule has 0 radical (unpaired) electrons. The van der Waals surface area contributed by atoms with Gasteiger partial charge in [-0.25, -0.2) is 0 Å². The molecule has 0 aliphatic carbocycles. The molecule has 0 saturated carbocycles. The lowest BCUT2D eigenvalue weighted by molar-refractivity contribution is 0.765. The van der Waals surface area contributed by atoms with Gasteiger partial charge in [-0.3, -0.25) is 3.97 Å². The molecule has 106 valence electrons. The van der Waals surface area contributed by atoms with Crippen molar-refractivity contribution in [3.8, 4) is 0 Å². The quantitative estimate of drug-likeness (QED) is 0.876. The van der Waals surface area contributed by atoms with E-state index < -0.39 is 0 Å². The minimum absolute atomic E-state index is 0.369. The number of para-hydroxylation sites is 1. The Kier molecular flexibility index (Phi) is 3.21. The summed E-state index contributed by atoms with van der Waals surface area (Å²) in [6, 6.07) is 8.89. The number of nitrogens with zero attached hydrogens (tertiary/aromatic N) is 2. The molecule has 3 rings (SSSR count). The Morgan fingerprint density at radius 3 is 2.45 bits per heavy atom. The highest BCUT2D eigenvalue weighted by Crippen LogP contribution is 2.48. The van der Waals surface area contributed by atoms with Gasteiger partial charge in [0.1, 0.15) is 5.82 Å². The summed E-state index contributed by atoms with van der Waals surface area (Å²) in [6.45, 7) is 8.79. The molecule has 0 fully saturated rings. The highest BCUT2D eigenvalue weighted by atomic mass is 32.2. The first-order valence-corrected chi connectivity index (χ1v) is 7.85. The average Bonchev–Trinajstić information content (AvgIpc) is 2.73. The molecule has 2 aromatic rings. The molecule has 20 heavy (non-hydrogen) atoms. The van der Waals surface area contributed by atoms with Crippen molar-refractivity contribution in [3.63, 3.8) is 0 Å². The first-order chi connectivity index (χ1) is 9.50. The molecule has 4 heteroatoms. The van der Waals surface area contributed by atoms with E-state index in [1.807, 2.05) is 0 Å². The van der Waals surface area contributed by atoms with Crippen molar-refractivity contribution in [1.29, 1.82) is 0 Å². The van der Waals surface area contributed by atoms with Crippen molar-refractivity contribution in [3.05, 3.63) is 36.0 Å². The van der Waals surface area contributed by atoms with Crippen molar-refractivity contribution >= 4 is 29.1 Å². The Labute approximate surface area is 124 Å². The third-order valence-corrected chi connectivity index (χ3v) is 4.72. The molecule has 0 saturated heterocycles. The second-order valence-electron chi connectivity index (χ2n) is 5.82. The van der Waals surface area contributed by atoms with E-state index in [0.717, 1.165) is 11.5 Å². The average molecular weight is 287 g/mol. The van der Waals surface area contributed by atoms with Crippen LogP contribution in [-0.4, -0.2) is 10.0 Å². The van der Waals surface area contributed by atoms with Gasteiger partial charge in [0, 0.05) is 12.2 Å². The van der Waals surface area contributed by atoms with Gasteiger partial charge in [-0.05, 0) is 49.4 Å². The zero-order chi connectivity index (χ0) is 14.4. The van der Waals surface area contributed by atoms with Crippen molar-refractivity contribution in [2.24, 2.45) is 0 Å². The van der Waals surface area contributed by atoms with Crippen molar-refractivity contribution < 1.29 is 0 Å². The van der Waals surface area contributed by atoms with Crippen LogP contribution >= 0.6 is 11.9 Å². The van der Waals surface area contributed by atoms with Gasteiger partial charge in [0.2, 0.25) is 0 Å². The van der Waals surface area contributed by atoms with Crippen LogP contribution in [0.4, 0.5) is 17.2 Å². The molecule has 0 spiro atoms. The van der Waals surface area contributed by atoms with Gasteiger partial charge < -0.3 is 10.6 Å². The number of anilines is 3. The molecule has 0 amide bonds. The third-order valence-electron chi connectivity index (χ3n) is 3.71. The molecule has 1 aromatic heterocycles. The van der Waals surface area contributed by atoms with Crippen LogP contribution in [0.2, 0.25) is 0 Å². The lowest BCUT2D eigenvalue weighted by atomic mass is 10.1. The predicted molar refractivity (Wildman–Crippen MR) is 87.9 cm³/mol. The SMILES string of the molecule is CC(C)c1cn2c(c1N)N(C(C)C)c1ccccc1S2. The number of aromatic nitrogens is 1. The number of benzene rings is 1. The number of hydrogen-bond donors (Lipinski definition) is 1. The Bertz CT molecular complexity index is 643. The smallest absolute Gasteiger partial charge is 0.147 e. The number of rotatable bonds is 2. The summed E-state index contributed by atoms with van der Waals surface area (Å²) in [7, 11) is 0. The maximum absolute atomic E-state index is 6.43. The maximum Gasteiger partial charge on any atom is 0.147 e. The standard InChI is InChI=1S/C16H21N3S/c1-10(2)12-9-18-16(15(12)17)19(11(3)4)13-7-5-6-8-14(13)20-18/h5-11H,17H2,1-4H3. The molecular formula is C16H21N3S. The lowest BCUT2D eigenvalue weighted by Gasteiger charge is -2.35.